The molecule has 0 spiro atoms. The van der Waals surface area contributed by atoms with E-state index in [1.807, 2.05) is 55.8 Å². The molecule has 18 heteroatoms. The second-order valence-electron chi connectivity index (χ2n) is 18.2. The zero-order valence-electron chi connectivity index (χ0n) is 41.1. The molecule has 372 valence electrons. The van der Waals surface area contributed by atoms with E-state index in [2.05, 4.69) is 277 Å². The van der Waals surface area contributed by atoms with Crippen LogP contribution < -0.4 is 0 Å². The maximum absolute atomic E-state index is 4.23. The van der Waals surface area contributed by atoms with Gasteiger partial charge < -0.3 is 88.2 Å². The molecule has 0 saturated heterocycles. The number of rotatable bonds is 21. The number of benzene rings is 1. The first kappa shape index (κ1) is 46.7. The first-order chi connectivity index (χ1) is 35.1. The van der Waals surface area contributed by atoms with Crippen molar-refractivity contribution >= 4 is 0 Å². The SMILES string of the molecule is C=CN1C=CN(C(c2cc(C(N3C=CN(C=C)C3)(N3C=CN(C=C)C3)N3C=CN(C=C)C3)cc(C(N3C=CN(C=C)C3)(N3C=CN(C=C)C3)N3C=CN(C=C)C3)c2)(N2C=CN(C=C)C2)N2C=CN(C=C)C2)C1. The topological polar surface area (TPSA) is 58.3 Å². The van der Waals surface area contributed by atoms with E-state index in [0.29, 0.717) is 60.0 Å². The van der Waals surface area contributed by atoms with Crippen molar-refractivity contribution in [2.45, 2.75) is 17.4 Å². The van der Waals surface area contributed by atoms with Crippen molar-refractivity contribution in [3.8, 4) is 0 Å². The minimum absolute atomic E-state index is 0.501. The monoisotopic (exact) mass is 967 g/mol. The minimum atomic E-state index is -1.06. The van der Waals surface area contributed by atoms with Crippen LogP contribution in [0.4, 0.5) is 0 Å². The summed E-state index contributed by atoms with van der Waals surface area (Å²) in [4.78, 5) is 40.6. The summed E-state index contributed by atoms with van der Waals surface area (Å²) < 4.78 is 0. The van der Waals surface area contributed by atoms with E-state index in [-0.39, 0.29) is 0 Å². The summed E-state index contributed by atoms with van der Waals surface area (Å²) in [5.74, 6) is -3.19. The fraction of sp³-hybridized carbons (Fsp3) is 0.222. The summed E-state index contributed by atoms with van der Waals surface area (Å²) in [5.41, 5.74) is 2.95. The van der Waals surface area contributed by atoms with Crippen LogP contribution in [0.3, 0.4) is 0 Å². The summed E-state index contributed by atoms with van der Waals surface area (Å²) >= 11 is 0. The Balaban J connectivity index is 1.36. The van der Waals surface area contributed by atoms with Crippen molar-refractivity contribution in [3.63, 3.8) is 0 Å². The van der Waals surface area contributed by atoms with Crippen LogP contribution >= 0.6 is 0 Å². The molecule has 1 aromatic carbocycles. The molecular weight excluding hydrogens is 901 g/mol. The Morgan fingerprint density at radius 2 is 0.347 bits per heavy atom. The van der Waals surface area contributed by atoms with Crippen molar-refractivity contribution in [3.05, 3.63) is 261 Å². The molecule has 0 unspecified atom stereocenters. The van der Waals surface area contributed by atoms with Gasteiger partial charge in [0.05, 0.1) is 60.0 Å². The van der Waals surface area contributed by atoms with E-state index in [9.17, 15) is 0 Å². The minimum Gasteiger partial charge on any atom is -0.335 e. The van der Waals surface area contributed by atoms with Crippen molar-refractivity contribution < 1.29 is 0 Å². The molecule has 0 N–H and O–H groups in total. The predicted molar refractivity (Wildman–Crippen MR) is 282 cm³/mol. The maximum Gasteiger partial charge on any atom is 0.223 e. The maximum atomic E-state index is 4.23. The average Bonchev–Trinajstić information content (AvgIpc) is 4.27. The average molecular weight is 967 g/mol. The smallest absolute Gasteiger partial charge is 0.223 e. The van der Waals surface area contributed by atoms with E-state index >= 15 is 0 Å². The highest BCUT2D eigenvalue weighted by Gasteiger charge is 2.58. The summed E-state index contributed by atoms with van der Waals surface area (Å²) in [6.07, 6.45) is 55.2. The summed E-state index contributed by atoms with van der Waals surface area (Å²) in [6, 6.07) is 7.23. The molecule has 72 heavy (non-hydrogen) atoms. The lowest BCUT2D eigenvalue weighted by Gasteiger charge is -2.57. The van der Waals surface area contributed by atoms with Gasteiger partial charge in [-0.1, -0.05) is 59.2 Å². The van der Waals surface area contributed by atoms with Crippen molar-refractivity contribution in [1.82, 2.24) is 88.2 Å². The Hall–Kier alpha value is -9.06. The zero-order chi connectivity index (χ0) is 50.2. The molecule has 1 aromatic rings. The van der Waals surface area contributed by atoms with Gasteiger partial charge in [-0.25, -0.2) is 0 Å². The van der Waals surface area contributed by atoms with Crippen LogP contribution in [0, 0.1) is 0 Å². The van der Waals surface area contributed by atoms with Crippen molar-refractivity contribution in [2.24, 2.45) is 0 Å². The second-order valence-corrected chi connectivity index (χ2v) is 18.2. The molecule has 10 rings (SSSR count). The van der Waals surface area contributed by atoms with Gasteiger partial charge in [-0.2, -0.15) is 0 Å². The Labute approximate surface area is 425 Å². The number of hydrogen-bond acceptors (Lipinski definition) is 18. The molecule has 0 aromatic heterocycles. The number of hydrogen-bond donors (Lipinski definition) is 0. The quantitative estimate of drug-likeness (QED) is 0.131. The van der Waals surface area contributed by atoms with Crippen LogP contribution in [0.2, 0.25) is 0 Å². The van der Waals surface area contributed by atoms with Gasteiger partial charge in [0.2, 0.25) is 17.4 Å². The molecule has 9 heterocycles. The fourth-order valence-corrected chi connectivity index (χ4v) is 11.0. The fourth-order valence-electron chi connectivity index (χ4n) is 11.0. The Kier molecular flexibility index (Phi) is 12.1. The zero-order valence-corrected chi connectivity index (χ0v) is 41.1. The molecule has 18 nitrogen and oxygen atoms in total. The van der Waals surface area contributed by atoms with Crippen LogP contribution in [-0.4, -0.2) is 148 Å². The summed E-state index contributed by atoms with van der Waals surface area (Å²) in [5, 5.41) is 0. The van der Waals surface area contributed by atoms with Gasteiger partial charge in [-0.05, 0) is 74.0 Å². The van der Waals surface area contributed by atoms with E-state index < -0.39 is 17.4 Å². The van der Waals surface area contributed by atoms with Gasteiger partial charge in [0, 0.05) is 128 Å². The highest BCUT2D eigenvalue weighted by atomic mass is 15.7. The van der Waals surface area contributed by atoms with Gasteiger partial charge in [-0.3, -0.25) is 0 Å². The lowest BCUT2D eigenvalue weighted by Crippen LogP contribution is -2.66. The van der Waals surface area contributed by atoms with Crippen LogP contribution in [0.5, 0.6) is 0 Å². The van der Waals surface area contributed by atoms with E-state index in [4.69, 9.17) is 0 Å². The molecule has 0 fully saturated rings. The van der Waals surface area contributed by atoms with Crippen molar-refractivity contribution in [1.29, 1.82) is 0 Å². The van der Waals surface area contributed by atoms with Crippen LogP contribution in [0.15, 0.2) is 245 Å². The first-order valence-electron chi connectivity index (χ1n) is 23.8. The van der Waals surface area contributed by atoms with E-state index in [1.54, 1.807) is 0 Å². The predicted octanol–water partition coefficient (Wildman–Crippen LogP) is 6.73. The first-order valence-corrected chi connectivity index (χ1v) is 23.8. The molecule has 9 aliphatic heterocycles. The molecule has 0 atom stereocenters. The second kappa shape index (κ2) is 18.7. The third kappa shape index (κ3) is 7.24. The van der Waals surface area contributed by atoms with Gasteiger partial charge in [0.1, 0.15) is 0 Å². The molecular formula is C54H66N18. The van der Waals surface area contributed by atoms with Crippen LogP contribution in [0.25, 0.3) is 0 Å². The Morgan fingerprint density at radius 1 is 0.222 bits per heavy atom. The highest BCUT2D eigenvalue weighted by Crippen LogP contribution is 2.51. The van der Waals surface area contributed by atoms with Gasteiger partial charge >= 0.3 is 0 Å². The van der Waals surface area contributed by atoms with Gasteiger partial charge in [-0.15, -0.1) is 0 Å². The lowest BCUT2D eigenvalue weighted by molar-refractivity contribution is -0.137. The van der Waals surface area contributed by atoms with Crippen molar-refractivity contribution in [2.75, 3.05) is 60.0 Å². The highest BCUT2D eigenvalue weighted by molar-refractivity contribution is 5.45. The summed E-state index contributed by atoms with van der Waals surface area (Å²) in [7, 11) is 0. The summed E-state index contributed by atoms with van der Waals surface area (Å²) in [6.45, 7) is 42.5. The van der Waals surface area contributed by atoms with E-state index in [1.165, 1.54) is 0 Å². The Bertz CT molecular complexity index is 2110. The largest absolute Gasteiger partial charge is 0.335 e. The third-order valence-corrected chi connectivity index (χ3v) is 14.6. The van der Waals surface area contributed by atoms with Crippen LogP contribution in [0.1, 0.15) is 16.7 Å². The Morgan fingerprint density at radius 3 is 0.444 bits per heavy atom. The third-order valence-electron chi connectivity index (χ3n) is 14.6. The van der Waals surface area contributed by atoms with E-state index in [0.717, 1.165) is 16.7 Å². The van der Waals surface area contributed by atoms with Crippen LogP contribution in [-0.2, 0) is 17.4 Å². The standard InChI is InChI=1S/C54H66N18/c1-10-55-19-28-64(40-55)52(65-29-20-56(11-2)41-65,66-30-21-57(12-3)42-66)49-37-50(53(67-31-22-58(13-4)43-67,68-32-23-59(14-5)44-68)69-33-24-60(15-6)45-69)39-51(38-49)54(70-34-25-61(16-7)46-70,71-35-26-62(17-8)47-71)72-36-27-63(18-9)48-72/h10-39H,1-9,40-48H2. The lowest BCUT2D eigenvalue weighted by atomic mass is 9.89. The molecule has 0 amide bonds. The van der Waals surface area contributed by atoms with Gasteiger partial charge in [0.15, 0.2) is 0 Å². The normalized spacial score (nSPS) is 20.3. The van der Waals surface area contributed by atoms with Gasteiger partial charge in [0.25, 0.3) is 0 Å². The molecule has 0 bridgehead atoms. The molecule has 0 radical (unpaired) electrons. The molecule has 9 aliphatic rings. The molecule has 0 saturated carbocycles. The molecule has 0 aliphatic carbocycles. The number of nitrogens with zero attached hydrogens (tertiary/aromatic N) is 18.